The van der Waals surface area contributed by atoms with Gasteiger partial charge >= 0.3 is 5.69 Å². The molecule has 0 atom stereocenters. The Hall–Kier alpha value is -4.62. The summed E-state index contributed by atoms with van der Waals surface area (Å²) in [6, 6.07) is 15.7. The van der Waals surface area contributed by atoms with Crippen molar-refractivity contribution in [1.82, 2.24) is 19.4 Å². The molecule has 48 heavy (non-hydrogen) atoms. The lowest BCUT2D eigenvalue weighted by Gasteiger charge is -2.28. The molecule has 250 valence electrons. The van der Waals surface area contributed by atoms with Crippen molar-refractivity contribution >= 4 is 45.3 Å². The number of nitrogens with two attached hydrogens (primary N) is 1. The van der Waals surface area contributed by atoms with Crippen molar-refractivity contribution in [2.24, 2.45) is 5.73 Å². The number of imidazole rings is 1. The predicted octanol–water partition coefficient (Wildman–Crippen LogP) is 4.96. The summed E-state index contributed by atoms with van der Waals surface area (Å²) in [6.07, 6.45) is 2.16. The van der Waals surface area contributed by atoms with E-state index in [9.17, 15) is 19.2 Å². The molecule has 3 aromatic carbocycles. The summed E-state index contributed by atoms with van der Waals surface area (Å²) in [6.45, 7) is 3.06. The van der Waals surface area contributed by atoms with E-state index in [1.165, 1.54) is 35.1 Å². The van der Waals surface area contributed by atoms with E-state index < -0.39 is 28.9 Å². The van der Waals surface area contributed by atoms with Crippen LogP contribution in [0.3, 0.4) is 0 Å². The molecule has 3 N–H and O–H groups in total. The Kier molecular flexibility index (Phi) is 9.10. The minimum atomic E-state index is -1.36. The standard InChI is InChI=1S/C34H32BrClFN5O6/c1-34(2,32(38)45)48-24-7-3-20(27(37)16-24)17-39-30(43)29-28-18-40(31(44)19-4-12-25(35)26(36)15-19)13-14-41(28)33(46)42(29)21-5-8-22(9-6-21)47-23-10-11-23/h3-9,12,15-16,23H,10-11,13-14,17-18H2,1-2H3,(H2,38,45)(H,39,43). The number of fused-ring (bicyclic) bond motifs is 1. The van der Waals surface area contributed by atoms with Crippen LogP contribution in [-0.4, -0.2) is 50.0 Å². The Morgan fingerprint density at radius 3 is 2.40 bits per heavy atom. The highest BCUT2D eigenvalue weighted by Crippen LogP contribution is 2.29. The van der Waals surface area contributed by atoms with Crippen LogP contribution in [0.15, 0.2) is 69.9 Å². The van der Waals surface area contributed by atoms with Crippen molar-refractivity contribution in [3.8, 4) is 17.2 Å². The molecule has 0 unspecified atom stereocenters. The van der Waals surface area contributed by atoms with Crippen molar-refractivity contribution in [3.63, 3.8) is 0 Å². The van der Waals surface area contributed by atoms with Gasteiger partial charge in [-0.2, -0.15) is 0 Å². The van der Waals surface area contributed by atoms with Gasteiger partial charge in [0.1, 0.15) is 23.0 Å². The number of nitrogens with one attached hydrogen (secondary N) is 1. The summed E-state index contributed by atoms with van der Waals surface area (Å²) in [4.78, 5) is 54.5. The fourth-order valence-electron chi connectivity index (χ4n) is 5.31. The highest BCUT2D eigenvalue weighted by molar-refractivity contribution is 9.10. The molecule has 3 amide bonds. The number of aromatic nitrogens is 2. The normalized spacial score (nSPS) is 14.3. The molecule has 1 aliphatic carbocycles. The molecule has 1 aromatic heterocycles. The summed E-state index contributed by atoms with van der Waals surface area (Å²) >= 11 is 9.58. The Bertz CT molecular complexity index is 1990. The van der Waals surface area contributed by atoms with Crippen LogP contribution >= 0.6 is 27.5 Å². The van der Waals surface area contributed by atoms with Crippen LogP contribution in [0.5, 0.6) is 11.5 Å². The lowest BCUT2D eigenvalue weighted by molar-refractivity contribution is -0.130. The number of amides is 3. The van der Waals surface area contributed by atoms with E-state index >= 15 is 4.39 Å². The van der Waals surface area contributed by atoms with Crippen LogP contribution in [0.25, 0.3) is 5.69 Å². The van der Waals surface area contributed by atoms with Gasteiger partial charge in [-0.3, -0.25) is 23.5 Å². The highest BCUT2D eigenvalue weighted by atomic mass is 79.9. The first kappa shape index (κ1) is 33.3. The van der Waals surface area contributed by atoms with E-state index in [-0.39, 0.29) is 55.2 Å². The Morgan fingerprint density at radius 1 is 1.04 bits per heavy atom. The number of carbonyl (C=O) groups excluding carboxylic acids is 3. The summed E-state index contributed by atoms with van der Waals surface area (Å²) in [5.41, 5.74) is 4.82. The van der Waals surface area contributed by atoms with Gasteiger partial charge in [0.2, 0.25) is 0 Å². The molecule has 14 heteroatoms. The lowest BCUT2D eigenvalue weighted by atomic mass is 10.1. The summed E-state index contributed by atoms with van der Waals surface area (Å²) in [5.74, 6) is -1.61. The Balaban J connectivity index is 1.31. The number of ether oxygens (including phenoxy) is 2. The molecule has 0 radical (unpaired) electrons. The van der Waals surface area contributed by atoms with Crippen molar-refractivity contribution in [1.29, 1.82) is 0 Å². The van der Waals surface area contributed by atoms with E-state index in [0.717, 1.165) is 18.9 Å². The summed E-state index contributed by atoms with van der Waals surface area (Å²) in [7, 11) is 0. The molecule has 2 heterocycles. The van der Waals surface area contributed by atoms with Crippen molar-refractivity contribution < 1.29 is 28.2 Å². The van der Waals surface area contributed by atoms with Gasteiger partial charge in [0.05, 0.1) is 29.1 Å². The van der Waals surface area contributed by atoms with Gasteiger partial charge < -0.3 is 25.4 Å². The fraction of sp³-hybridized carbons (Fsp3) is 0.294. The molecule has 0 saturated heterocycles. The molecule has 0 spiro atoms. The average Bonchev–Trinajstić information content (AvgIpc) is 3.82. The number of nitrogens with zero attached hydrogens (tertiary/aromatic N) is 3. The van der Waals surface area contributed by atoms with Crippen LogP contribution in [0.2, 0.25) is 5.02 Å². The molecule has 4 aromatic rings. The molecule has 11 nitrogen and oxygen atoms in total. The number of hydrogen-bond acceptors (Lipinski definition) is 6. The van der Waals surface area contributed by atoms with Crippen molar-refractivity contribution in [2.45, 2.75) is 58.0 Å². The van der Waals surface area contributed by atoms with Crippen LogP contribution in [0.4, 0.5) is 4.39 Å². The SMILES string of the molecule is CC(C)(Oc1ccc(CNC(=O)c2c3n(c(=O)n2-c2ccc(OC4CC4)cc2)CCN(C(=O)c2ccc(Br)c(Cl)c2)C3)c(F)c1)C(N)=O. The monoisotopic (exact) mass is 739 g/mol. The van der Waals surface area contributed by atoms with Crippen molar-refractivity contribution in [3.05, 3.63) is 109 Å². The topological polar surface area (TPSA) is 138 Å². The third kappa shape index (κ3) is 6.83. The first-order chi connectivity index (χ1) is 22.8. The quantitative estimate of drug-likeness (QED) is 0.236. The van der Waals surface area contributed by atoms with Crippen LogP contribution in [0, 0.1) is 5.82 Å². The Morgan fingerprint density at radius 2 is 1.75 bits per heavy atom. The second kappa shape index (κ2) is 13.1. The van der Waals surface area contributed by atoms with Crippen LogP contribution < -0.4 is 26.2 Å². The predicted molar refractivity (Wildman–Crippen MR) is 179 cm³/mol. The van der Waals surface area contributed by atoms with Crippen LogP contribution in [0.1, 0.15) is 58.8 Å². The number of primary amides is 1. The molecule has 1 aliphatic heterocycles. The third-order valence-corrected chi connectivity index (χ3v) is 9.43. The number of halogens is 3. The third-order valence-electron chi connectivity index (χ3n) is 8.20. The molecule has 1 saturated carbocycles. The zero-order chi connectivity index (χ0) is 34.3. The average molecular weight is 741 g/mol. The molecule has 0 bridgehead atoms. The summed E-state index contributed by atoms with van der Waals surface area (Å²) < 4.78 is 29.9. The first-order valence-corrected chi connectivity index (χ1v) is 16.4. The van der Waals surface area contributed by atoms with Gasteiger partial charge in [-0.1, -0.05) is 17.7 Å². The zero-order valence-corrected chi connectivity index (χ0v) is 28.4. The smallest absolute Gasteiger partial charge is 0.333 e. The zero-order valence-electron chi connectivity index (χ0n) is 26.1. The number of hydrogen-bond donors (Lipinski definition) is 2. The van der Waals surface area contributed by atoms with Crippen molar-refractivity contribution in [2.75, 3.05) is 6.54 Å². The second-order valence-electron chi connectivity index (χ2n) is 12.1. The van der Waals surface area contributed by atoms with Gasteiger partial charge in [-0.05, 0) is 91.1 Å². The number of carbonyl (C=O) groups is 3. The second-order valence-corrected chi connectivity index (χ2v) is 13.4. The van der Waals surface area contributed by atoms with Gasteiger partial charge in [0.25, 0.3) is 17.7 Å². The maximum atomic E-state index is 15.1. The van der Waals surface area contributed by atoms with E-state index in [2.05, 4.69) is 21.2 Å². The molecule has 1 fully saturated rings. The minimum Gasteiger partial charge on any atom is -0.490 e. The largest absolute Gasteiger partial charge is 0.490 e. The van der Waals surface area contributed by atoms with E-state index in [1.54, 1.807) is 47.4 Å². The van der Waals surface area contributed by atoms with E-state index in [4.69, 9.17) is 26.8 Å². The summed E-state index contributed by atoms with van der Waals surface area (Å²) in [5, 5.41) is 3.11. The van der Waals surface area contributed by atoms with E-state index in [1.807, 2.05) is 0 Å². The van der Waals surface area contributed by atoms with E-state index in [0.29, 0.717) is 32.2 Å². The molecular weight excluding hydrogens is 709 g/mol. The maximum absolute atomic E-state index is 15.1. The number of benzene rings is 3. The molecule has 6 rings (SSSR count). The Labute approximate surface area is 288 Å². The lowest BCUT2D eigenvalue weighted by Crippen LogP contribution is -2.43. The van der Waals surface area contributed by atoms with Gasteiger partial charge in [-0.15, -0.1) is 0 Å². The minimum absolute atomic E-state index is 0.0192. The molecular formula is C34H32BrClFN5O6. The first-order valence-electron chi connectivity index (χ1n) is 15.2. The molecule has 2 aliphatic rings. The fourth-order valence-corrected chi connectivity index (χ4v) is 5.74. The van der Waals surface area contributed by atoms with Gasteiger partial charge in [-0.25, -0.2) is 9.18 Å². The number of rotatable bonds is 10. The van der Waals surface area contributed by atoms with Crippen LogP contribution in [-0.2, 0) is 24.4 Å². The van der Waals surface area contributed by atoms with Gasteiger partial charge in [0, 0.05) is 41.3 Å². The van der Waals surface area contributed by atoms with Gasteiger partial charge in [0.15, 0.2) is 5.60 Å². The highest BCUT2D eigenvalue weighted by Gasteiger charge is 2.33. The maximum Gasteiger partial charge on any atom is 0.333 e.